The van der Waals surface area contributed by atoms with Crippen molar-refractivity contribution in [3.05, 3.63) is 76.5 Å². The zero-order chi connectivity index (χ0) is 25.1. The van der Waals surface area contributed by atoms with Gasteiger partial charge in [-0.25, -0.2) is 4.79 Å². The highest BCUT2D eigenvalue weighted by atomic mass is 16.5. The minimum atomic E-state index is -0.581. The highest BCUT2D eigenvalue weighted by molar-refractivity contribution is 6.15. The Bertz CT molecular complexity index is 1310. The zero-order valence-electron chi connectivity index (χ0n) is 20.0. The van der Waals surface area contributed by atoms with Crippen molar-refractivity contribution in [2.45, 2.75) is 6.92 Å². The molecule has 0 aliphatic carbocycles. The van der Waals surface area contributed by atoms with Gasteiger partial charge in [0.1, 0.15) is 22.8 Å². The van der Waals surface area contributed by atoms with Gasteiger partial charge in [-0.15, -0.1) is 0 Å². The second kappa shape index (κ2) is 9.80. The van der Waals surface area contributed by atoms with E-state index in [2.05, 4.69) is 0 Å². The van der Waals surface area contributed by atoms with E-state index in [9.17, 15) is 9.59 Å². The average molecular weight is 476 g/mol. The number of fused-ring (bicyclic) bond motifs is 1. The van der Waals surface area contributed by atoms with Gasteiger partial charge in [0.05, 0.1) is 34.0 Å². The molecule has 0 aromatic heterocycles. The van der Waals surface area contributed by atoms with Gasteiger partial charge in [-0.1, -0.05) is 12.1 Å². The Morgan fingerprint density at radius 3 is 2.11 bits per heavy atom. The Kier molecular flexibility index (Phi) is 6.64. The molecule has 0 N–H and O–H groups in total. The van der Waals surface area contributed by atoms with Crippen molar-refractivity contribution < 1.29 is 38.0 Å². The van der Waals surface area contributed by atoms with Gasteiger partial charge < -0.3 is 28.4 Å². The quantitative estimate of drug-likeness (QED) is 0.271. The third-order valence-electron chi connectivity index (χ3n) is 5.55. The van der Waals surface area contributed by atoms with Gasteiger partial charge in [0, 0.05) is 5.56 Å². The smallest absolute Gasteiger partial charge is 0.347 e. The number of carbonyl (C=O) groups excluding carboxylic acids is 2. The third kappa shape index (κ3) is 4.38. The molecule has 1 aliphatic rings. The second-order valence-corrected chi connectivity index (χ2v) is 7.55. The highest BCUT2D eigenvalue weighted by Crippen LogP contribution is 2.42. The number of ketones is 1. The van der Waals surface area contributed by atoms with Gasteiger partial charge in [0.15, 0.2) is 17.3 Å². The summed E-state index contributed by atoms with van der Waals surface area (Å²) in [7, 11) is 6.02. The summed E-state index contributed by atoms with van der Waals surface area (Å²) < 4.78 is 32.9. The van der Waals surface area contributed by atoms with Crippen molar-refractivity contribution >= 4 is 17.8 Å². The summed E-state index contributed by atoms with van der Waals surface area (Å²) in [4.78, 5) is 25.8. The van der Waals surface area contributed by atoms with Crippen LogP contribution in [0.1, 0.15) is 31.8 Å². The molecule has 180 valence electrons. The van der Waals surface area contributed by atoms with Crippen LogP contribution in [0.25, 0.3) is 6.08 Å². The summed E-state index contributed by atoms with van der Waals surface area (Å²) in [6.07, 6.45) is 1.59. The van der Waals surface area contributed by atoms with Crippen LogP contribution in [0.4, 0.5) is 0 Å². The monoisotopic (exact) mass is 476 g/mol. The first-order chi connectivity index (χ1) is 16.9. The van der Waals surface area contributed by atoms with Gasteiger partial charge >= 0.3 is 5.97 Å². The van der Waals surface area contributed by atoms with Crippen molar-refractivity contribution in [3.8, 4) is 34.5 Å². The molecule has 3 aromatic carbocycles. The lowest BCUT2D eigenvalue weighted by Crippen LogP contribution is -2.11. The van der Waals surface area contributed by atoms with Crippen LogP contribution in [0.3, 0.4) is 0 Å². The molecule has 8 nitrogen and oxygen atoms in total. The fourth-order valence-corrected chi connectivity index (χ4v) is 3.78. The molecule has 0 amide bonds. The minimum Gasteiger partial charge on any atom is -0.496 e. The minimum absolute atomic E-state index is 0.116. The number of hydrogen-bond acceptors (Lipinski definition) is 8. The molecule has 0 radical (unpaired) electrons. The van der Waals surface area contributed by atoms with Gasteiger partial charge in [-0.3, -0.25) is 4.79 Å². The number of methoxy groups -OCH3 is 4. The zero-order valence-corrected chi connectivity index (χ0v) is 20.0. The molecule has 0 atom stereocenters. The maximum absolute atomic E-state index is 13.0. The van der Waals surface area contributed by atoms with Crippen LogP contribution in [-0.4, -0.2) is 40.2 Å². The van der Waals surface area contributed by atoms with Crippen molar-refractivity contribution in [2.24, 2.45) is 0 Å². The number of hydrogen-bond donors (Lipinski definition) is 0. The van der Waals surface area contributed by atoms with Crippen LogP contribution >= 0.6 is 0 Å². The predicted molar refractivity (Wildman–Crippen MR) is 128 cm³/mol. The first-order valence-corrected chi connectivity index (χ1v) is 10.6. The molecule has 3 aromatic rings. The van der Waals surface area contributed by atoms with Crippen LogP contribution in [0.2, 0.25) is 0 Å². The molecule has 0 spiro atoms. The number of Topliss-reactive ketones (excluding diaryl/α,β-unsaturated/α-hetero) is 1. The van der Waals surface area contributed by atoms with Crippen molar-refractivity contribution in [3.63, 3.8) is 0 Å². The molecular weight excluding hydrogens is 452 g/mol. The van der Waals surface area contributed by atoms with Crippen LogP contribution in [-0.2, 0) is 0 Å². The molecule has 0 bridgehead atoms. The molecule has 0 unspecified atom stereocenters. The number of esters is 1. The number of benzene rings is 3. The molecule has 0 saturated heterocycles. The highest BCUT2D eigenvalue weighted by Gasteiger charge is 2.31. The Labute approximate surface area is 202 Å². The number of para-hydroxylation sites is 1. The molecule has 8 heteroatoms. The van der Waals surface area contributed by atoms with Crippen LogP contribution < -0.4 is 28.4 Å². The molecule has 1 aliphatic heterocycles. The Morgan fingerprint density at radius 1 is 0.829 bits per heavy atom. The largest absolute Gasteiger partial charge is 0.496 e. The van der Waals surface area contributed by atoms with E-state index in [-0.39, 0.29) is 22.9 Å². The van der Waals surface area contributed by atoms with Gasteiger partial charge in [0.2, 0.25) is 11.5 Å². The maximum Gasteiger partial charge on any atom is 0.347 e. The van der Waals surface area contributed by atoms with Crippen molar-refractivity contribution in [1.29, 1.82) is 0 Å². The van der Waals surface area contributed by atoms with E-state index in [1.165, 1.54) is 28.4 Å². The Balaban J connectivity index is 1.64. The van der Waals surface area contributed by atoms with Gasteiger partial charge in [0.25, 0.3) is 0 Å². The fourth-order valence-electron chi connectivity index (χ4n) is 3.78. The summed E-state index contributed by atoms with van der Waals surface area (Å²) >= 11 is 0. The van der Waals surface area contributed by atoms with Gasteiger partial charge in [-0.05, 0) is 55.0 Å². The first kappa shape index (κ1) is 23.7. The predicted octanol–water partition coefficient (Wildman–Crippen LogP) is 4.86. The lowest BCUT2D eigenvalue weighted by molar-refractivity contribution is 0.0729. The van der Waals surface area contributed by atoms with E-state index in [4.69, 9.17) is 28.4 Å². The van der Waals surface area contributed by atoms with Gasteiger partial charge in [-0.2, -0.15) is 0 Å². The van der Waals surface area contributed by atoms with E-state index >= 15 is 0 Å². The van der Waals surface area contributed by atoms with Crippen LogP contribution in [0.5, 0.6) is 34.5 Å². The summed E-state index contributed by atoms with van der Waals surface area (Å²) in [5.41, 5.74) is 1.80. The molecule has 0 fully saturated rings. The Hall–Kier alpha value is -4.46. The van der Waals surface area contributed by atoms with Crippen molar-refractivity contribution in [1.82, 2.24) is 0 Å². The van der Waals surface area contributed by atoms with E-state index in [1.807, 2.05) is 0 Å². The first-order valence-electron chi connectivity index (χ1n) is 10.6. The standard InChI is InChI=1S/C27H24O8/c1-15-19(35-27(29)17-8-6-7-9-20(17)30-2)11-10-18-24(28)21(34-25(15)18)12-16-13-22(31-3)26(33-5)23(14-16)32-4/h6-14H,1-5H3/b21-12-. The number of rotatable bonds is 7. The lowest BCUT2D eigenvalue weighted by Gasteiger charge is -2.13. The van der Waals surface area contributed by atoms with Crippen LogP contribution in [0.15, 0.2) is 54.3 Å². The number of allylic oxidation sites excluding steroid dienone is 1. The average Bonchev–Trinajstić information content (AvgIpc) is 3.20. The summed E-state index contributed by atoms with van der Waals surface area (Å²) in [6, 6.07) is 13.3. The summed E-state index contributed by atoms with van der Waals surface area (Å²) in [6.45, 7) is 1.72. The fraction of sp³-hybridized carbons (Fsp3) is 0.185. The molecule has 35 heavy (non-hydrogen) atoms. The third-order valence-corrected chi connectivity index (χ3v) is 5.55. The molecule has 0 saturated carbocycles. The summed E-state index contributed by atoms with van der Waals surface area (Å²) in [5.74, 6) is 1.59. The maximum atomic E-state index is 13.0. The number of ether oxygens (including phenoxy) is 6. The van der Waals surface area contributed by atoms with E-state index in [0.29, 0.717) is 45.4 Å². The van der Waals surface area contributed by atoms with Crippen LogP contribution in [0, 0.1) is 6.92 Å². The SMILES string of the molecule is COc1ccccc1C(=O)Oc1ccc2c(c1C)O/C(=C\c1cc(OC)c(OC)c(OC)c1)C2=O. The second-order valence-electron chi connectivity index (χ2n) is 7.55. The normalized spacial score (nSPS) is 13.2. The molecule has 4 rings (SSSR count). The number of carbonyl (C=O) groups is 2. The molecular formula is C27H24O8. The topological polar surface area (TPSA) is 89.5 Å². The van der Waals surface area contributed by atoms with E-state index in [0.717, 1.165) is 0 Å². The van der Waals surface area contributed by atoms with E-state index < -0.39 is 5.97 Å². The Morgan fingerprint density at radius 2 is 1.49 bits per heavy atom. The molecule has 1 heterocycles. The lowest BCUT2D eigenvalue weighted by atomic mass is 10.1. The van der Waals surface area contributed by atoms with Crippen molar-refractivity contribution in [2.75, 3.05) is 28.4 Å². The summed E-state index contributed by atoms with van der Waals surface area (Å²) in [5, 5.41) is 0. The van der Waals surface area contributed by atoms with E-state index in [1.54, 1.807) is 61.5 Å².